The van der Waals surface area contributed by atoms with Gasteiger partial charge in [0, 0.05) is 31.2 Å². The Morgan fingerprint density at radius 3 is 2.15 bits per heavy atom. The largest absolute Gasteiger partial charge is 0.352 e. The molecule has 4 rings (SSSR count). The molecule has 33 heavy (non-hydrogen) atoms. The first kappa shape index (κ1) is 22.7. The van der Waals surface area contributed by atoms with Crippen LogP contribution in [0.3, 0.4) is 0 Å². The molecule has 2 amide bonds. The highest BCUT2D eigenvalue weighted by Gasteiger charge is 2.21. The third-order valence-electron chi connectivity index (χ3n) is 5.94. The second kappa shape index (κ2) is 10.9. The molecule has 0 spiro atoms. The Hall–Kier alpha value is -3.51. The highest BCUT2D eigenvalue weighted by molar-refractivity contribution is 5.96. The van der Waals surface area contributed by atoms with Crippen molar-refractivity contribution in [1.82, 2.24) is 15.5 Å². The second-order valence-electron chi connectivity index (χ2n) is 8.37. The lowest BCUT2D eigenvalue weighted by atomic mass is 10.0. The van der Waals surface area contributed by atoms with E-state index in [1.807, 2.05) is 42.5 Å². The predicted octanol–water partition coefficient (Wildman–Crippen LogP) is 4.00. The van der Waals surface area contributed by atoms with Crippen LogP contribution in [0.2, 0.25) is 0 Å². The summed E-state index contributed by atoms with van der Waals surface area (Å²) >= 11 is 0. The molecule has 2 N–H and O–H groups in total. The van der Waals surface area contributed by atoms with Crippen molar-refractivity contribution in [1.29, 1.82) is 0 Å². The average Bonchev–Trinajstić information content (AvgIpc) is 2.86. The van der Waals surface area contributed by atoms with E-state index in [1.54, 1.807) is 24.3 Å². The lowest BCUT2D eigenvalue weighted by Gasteiger charge is -2.32. The van der Waals surface area contributed by atoms with Gasteiger partial charge in [-0.1, -0.05) is 54.6 Å². The van der Waals surface area contributed by atoms with Gasteiger partial charge in [-0.05, 0) is 53.8 Å². The molecule has 1 fully saturated rings. The van der Waals surface area contributed by atoms with Crippen LogP contribution in [0.4, 0.5) is 4.39 Å². The van der Waals surface area contributed by atoms with Crippen molar-refractivity contribution in [3.63, 3.8) is 0 Å². The van der Waals surface area contributed by atoms with E-state index in [2.05, 4.69) is 15.5 Å². The lowest BCUT2D eigenvalue weighted by Crippen LogP contribution is -2.47. The fourth-order valence-electron chi connectivity index (χ4n) is 4.07. The normalized spacial score (nSPS) is 14.6. The van der Waals surface area contributed by atoms with Crippen LogP contribution in [0.1, 0.15) is 28.8 Å². The van der Waals surface area contributed by atoms with Gasteiger partial charge < -0.3 is 10.6 Å². The van der Waals surface area contributed by atoms with Crippen molar-refractivity contribution in [3.8, 4) is 11.1 Å². The van der Waals surface area contributed by atoms with E-state index in [9.17, 15) is 14.0 Å². The lowest BCUT2D eigenvalue weighted by molar-refractivity contribution is -0.121. The monoisotopic (exact) mass is 445 g/mol. The maximum Gasteiger partial charge on any atom is 0.251 e. The molecule has 1 aliphatic heterocycles. The fraction of sp³-hybridized carbons (Fsp3) is 0.259. The fourth-order valence-corrected chi connectivity index (χ4v) is 4.07. The summed E-state index contributed by atoms with van der Waals surface area (Å²) < 4.78 is 13.0. The molecule has 1 aliphatic rings. The average molecular weight is 446 g/mol. The topological polar surface area (TPSA) is 61.4 Å². The van der Waals surface area contributed by atoms with Crippen LogP contribution in [0.25, 0.3) is 11.1 Å². The zero-order chi connectivity index (χ0) is 23.0. The van der Waals surface area contributed by atoms with Gasteiger partial charge in [0.25, 0.3) is 5.91 Å². The Morgan fingerprint density at radius 2 is 1.48 bits per heavy atom. The third-order valence-corrected chi connectivity index (χ3v) is 5.94. The van der Waals surface area contributed by atoms with Gasteiger partial charge in [0.2, 0.25) is 5.91 Å². The van der Waals surface area contributed by atoms with Crippen molar-refractivity contribution in [3.05, 3.63) is 95.8 Å². The molecule has 1 saturated heterocycles. The molecule has 0 bridgehead atoms. The molecule has 0 aliphatic carbocycles. The van der Waals surface area contributed by atoms with E-state index < -0.39 is 0 Å². The van der Waals surface area contributed by atoms with E-state index in [4.69, 9.17) is 0 Å². The molecule has 0 radical (unpaired) electrons. The van der Waals surface area contributed by atoms with Crippen molar-refractivity contribution in [2.24, 2.45) is 0 Å². The SMILES string of the molecule is O=C(CNC(=O)c1ccc(-c2ccccc2)cc1)NC1CCN(Cc2ccc(F)cc2)CC1. The molecule has 6 heteroatoms. The number of benzene rings is 3. The molecule has 0 atom stereocenters. The number of carbonyl (C=O) groups is 2. The molecule has 3 aromatic carbocycles. The summed E-state index contributed by atoms with van der Waals surface area (Å²) in [7, 11) is 0. The summed E-state index contributed by atoms with van der Waals surface area (Å²) in [6.07, 6.45) is 1.70. The summed E-state index contributed by atoms with van der Waals surface area (Å²) in [5, 5.41) is 5.72. The highest BCUT2D eigenvalue weighted by Crippen LogP contribution is 2.19. The number of amides is 2. The molecule has 1 heterocycles. The van der Waals surface area contributed by atoms with Gasteiger partial charge >= 0.3 is 0 Å². The molecule has 0 saturated carbocycles. The predicted molar refractivity (Wildman–Crippen MR) is 127 cm³/mol. The number of piperidine rings is 1. The standard InChI is InChI=1S/C27H28FN3O2/c28-24-12-6-20(7-13-24)19-31-16-14-25(15-17-31)30-26(32)18-29-27(33)23-10-8-22(9-11-23)21-4-2-1-3-5-21/h1-13,25H,14-19H2,(H,29,33)(H,30,32). The van der Waals surface area contributed by atoms with Gasteiger partial charge in [-0.25, -0.2) is 4.39 Å². The van der Waals surface area contributed by atoms with E-state index in [-0.39, 0.29) is 30.2 Å². The Morgan fingerprint density at radius 1 is 0.848 bits per heavy atom. The summed E-state index contributed by atoms with van der Waals surface area (Å²) in [6, 6.07) is 24.0. The Kier molecular flexibility index (Phi) is 7.47. The smallest absolute Gasteiger partial charge is 0.251 e. The first-order valence-corrected chi connectivity index (χ1v) is 11.3. The zero-order valence-electron chi connectivity index (χ0n) is 18.5. The van der Waals surface area contributed by atoms with Gasteiger partial charge in [0.15, 0.2) is 0 Å². The summed E-state index contributed by atoms with van der Waals surface area (Å²) in [4.78, 5) is 27.0. The Labute approximate surface area is 193 Å². The molecule has 5 nitrogen and oxygen atoms in total. The van der Waals surface area contributed by atoms with Crippen LogP contribution in [0.5, 0.6) is 0 Å². The van der Waals surface area contributed by atoms with Crippen molar-refractivity contribution in [2.75, 3.05) is 19.6 Å². The molecular weight excluding hydrogens is 417 g/mol. The first-order valence-electron chi connectivity index (χ1n) is 11.3. The number of rotatable bonds is 7. The van der Waals surface area contributed by atoms with Crippen molar-refractivity contribution < 1.29 is 14.0 Å². The van der Waals surface area contributed by atoms with Crippen molar-refractivity contribution >= 4 is 11.8 Å². The van der Waals surface area contributed by atoms with Gasteiger partial charge in [-0.2, -0.15) is 0 Å². The molecule has 0 aromatic heterocycles. The van der Waals surface area contributed by atoms with Crippen LogP contribution in [-0.4, -0.2) is 42.4 Å². The number of hydrogen-bond donors (Lipinski definition) is 2. The number of likely N-dealkylation sites (tertiary alicyclic amines) is 1. The highest BCUT2D eigenvalue weighted by atomic mass is 19.1. The van der Waals surface area contributed by atoms with Crippen LogP contribution in [0.15, 0.2) is 78.9 Å². The van der Waals surface area contributed by atoms with Crippen LogP contribution >= 0.6 is 0 Å². The van der Waals surface area contributed by atoms with Gasteiger partial charge in [-0.3, -0.25) is 14.5 Å². The number of nitrogens with one attached hydrogen (secondary N) is 2. The van der Waals surface area contributed by atoms with Crippen LogP contribution in [0, 0.1) is 5.82 Å². The zero-order valence-corrected chi connectivity index (χ0v) is 18.5. The number of carbonyl (C=O) groups excluding carboxylic acids is 2. The van der Waals surface area contributed by atoms with E-state index >= 15 is 0 Å². The maximum atomic E-state index is 13.0. The van der Waals surface area contributed by atoms with Crippen LogP contribution < -0.4 is 10.6 Å². The number of nitrogens with zero attached hydrogens (tertiary/aromatic N) is 1. The molecule has 3 aromatic rings. The maximum absolute atomic E-state index is 13.0. The van der Waals surface area contributed by atoms with Crippen LogP contribution in [-0.2, 0) is 11.3 Å². The minimum atomic E-state index is -0.265. The van der Waals surface area contributed by atoms with E-state index in [0.29, 0.717) is 5.56 Å². The first-order chi connectivity index (χ1) is 16.1. The summed E-state index contributed by atoms with van der Waals surface area (Å²) in [5.74, 6) is -0.670. The van der Waals surface area contributed by atoms with E-state index in [1.165, 1.54) is 12.1 Å². The second-order valence-corrected chi connectivity index (χ2v) is 8.37. The third kappa shape index (κ3) is 6.49. The van der Waals surface area contributed by atoms with Crippen molar-refractivity contribution in [2.45, 2.75) is 25.4 Å². The molecular formula is C27H28FN3O2. The van der Waals surface area contributed by atoms with Gasteiger partial charge in [0.1, 0.15) is 5.82 Å². The minimum Gasteiger partial charge on any atom is -0.352 e. The molecule has 0 unspecified atom stereocenters. The number of hydrogen-bond acceptors (Lipinski definition) is 3. The quantitative estimate of drug-likeness (QED) is 0.578. The number of halogens is 1. The van der Waals surface area contributed by atoms with Gasteiger partial charge in [-0.15, -0.1) is 0 Å². The Balaban J connectivity index is 1.18. The minimum absolute atomic E-state index is 0.0466. The molecule has 170 valence electrons. The van der Waals surface area contributed by atoms with Gasteiger partial charge in [0.05, 0.1) is 6.54 Å². The summed E-state index contributed by atoms with van der Waals surface area (Å²) in [5.41, 5.74) is 3.73. The summed E-state index contributed by atoms with van der Waals surface area (Å²) in [6.45, 7) is 2.46. The Bertz CT molecular complexity index is 1060. The van der Waals surface area contributed by atoms with E-state index in [0.717, 1.165) is 49.2 Å².